The van der Waals surface area contributed by atoms with E-state index in [0.717, 1.165) is 5.56 Å². The van der Waals surface area contributed by atoms with Crippen molar-refractivity contribution in [1.29, 1.82) is 0 Å². The number of amides is 1. The molecule has 0 saturated heterocycles. The smallest absolute Gasteiger partial charge is 0.245 e. The van der Waals surface area contributed by atoms with Crippen LogP contribution in [0, 0.1) is 0 Å². The molecule has 1 amide bonds. The van der Waals surface area contributed by atoms with E-state index in [0.29, 0.717) is 6.42 Å². The van der Waals surface area contributed by atoms with Gasteiger partial charge >= 0.3 is 0 Å². The summed E-state index contributed by atoms with van der Waals surface area (Å²) in [4.78, 5) is 11.1. The molecule has 0 aromatic heterocycles. The monoisotopic (exact) mass is 290 g/mol. The van der Waals surface area contributed by atoms with E-state index in [4.69, 9.17) is 5.73 Å². The van der Waals surface area contributed by atoms with Gasteiger partial charge in [-0.05, 0) is 12.0 Å². The Balaban J connectivity index is 2.55. The van der Waals surface area contributed by atoms with Gasteiger partial charge in [-0.15, -0.1) is 0 Å². The number of halogens is 1. The molecule has 70 valence electrons. The van der Waals surface area contributed by atoms with Crippen molar-refractivity contribution in [3.05, 3.63) is 35.9 Å². The van der Waals surface area contributed by atoms with Crippen LogP contribution in [0.15, 0.2) is 30.3 Å². The van der Waals surface area contributed by atoms with E-state index in [1.807, 2.05) is 30.3 Å². The first-order chi connectivity index (χ1) is 6.24. The van der Waals surface area contributed by atoms with E-state index >= 15 is 0 Å². The summed E-state index contributed by atoms with van der Waals surface area (Å²) >= 11 is 1.79. The summed E-state index contributed by atoms with van der Waals surface area (Å²) in [6.45, 7) is 0. The summed E-state index contributed by atoms with van der Waals surface area (Å²) < 4.78 is 2.49. The van der Waals surface area contributed by atoms with Gasteiger partial charge in [-0.1, -0.05) is 30.3 Å². The Morgan fingerprint density at radius 2 is 2.08 bits per heavy atom. The van der Waals surface area contributed by atoms with Gasteiger partial charge in [0.15, 0.2) is 0 Å². The second-order valence-corrected chi connectivity index (χ2v) is 3.29. The average Bonchev–Trinajstić information content (AvgIpc) is 2.18. The van der Waals surface area contributed by atoms with Gasteiger partial charge < -0.3 is 5.73 Å². The summed E-state index contributed by atoms with van der Waals surface area (Å²) in [6, 6.07) is 9.27. The summed E-state index contributed by atoms with van der Waals surface area (Å²) in [5.74, 6) is -0.135. The zero-order valence-corrected chi connectivity index (χ0v) is 9.19. The molecule has 13 heavy (non-hydrogen) atoms. The SMILES string of the molecule is N[C@@H](Cc1ccccc1)C(=O)NI. The van der Waals surface area contributed by atoms with Crippen molar-refractivity contribution < 1.29 is 4.79 Å². The van der Waals surface area contributed by atoms with Crippen LogP contribution in [-0.2, 0) is 11.2 Å². The zero-order valence-electron chi connectivity index (χ0n) is 7.03. The van der Waals surface area contributed by atoms with Crippen LogP contribution < -0.4 is 9.26 Å². The molecular formula is C9H11IN2O. The standard InChI is InChI=1S/C9H11IN2O/c10-12-9(13)8(11)6-7-4-2-1-3-5-7/h1-5,8H,6,11H2,(H,12,13)/t8-/m0/s1. The number of nitrogens with one attached hydrogen (secondary N) is 1. The topological polar surface area (TPSA) is 55.1 Å². The van der Waals surface area contributed by atoms with Crippen molar-refractivity contribution in [1.82, 2.24) is 3.53 Å². The van der Waals surface area contributed by atoms with Gasteiger partial charge in [0, 0.05) is 0 Å². The highest BCUT2D eigenvalue weighted by Gasteiger charge is 2.11. The number of benzene rings is 1. The first-order valence-corrected chi connectivity index (χ1v) is 5.02. The lowest BCUT2D eigenvalue weighted by atomic mass is 10.1. The average molecular weight is 290 g/mol. The van der Waals surface area contributed by atoms with Crippen molar-refractivity contribution in [2.24, 2.45) is 5.73 Å². The van der Waals surface area contributed by atoms with Gasteiger partial charge in [0.2, 0.25) is 5.91 Å². The van der Waals surface area contributed by atoms with Crippen LogP contribution in [0.25, 0.3) is 0 Å². The third-order valence-electron chi connectivity index (χ3n) is 1.73. The Morgan fingerprint density at radius 1 is 1.46 bits per heavy atom. The van der Waals surface area contributed by atoms with E-state index < -0.39 is 6.04 Å². The van der Waals surface area contributed by atoms with Crippen LogP contribution in [0.1, 0.15) is 5.56 Å². The van der Waals surface area contributed by atoms with Crippen LogP contribution in [0.5, 0.6) is 0 Å². The number of nitrogens with two attached hydrogens (primary N) is 1. The highest BCUT2D eigenvalue weighted by molar-refractivity contribution is 14.1. The van der Waals surface area contributed by atoms with Crippen molar-refractivity contribution in [3.63, 3.8) is 0 Å². The van der Waals surface area contributed by atoms with Crippen molar-refractivity contribution in [2.75, 3.05) is 0 Å². The van der Waals surface area contributed by atoms with Gasteiger partial charge in [0.05, 0.1) is 28.9 Å². The summed E-state index contributed by atoms with van der Waals surface area (Å²) in [5.41, 5.74) is 6.72. The lowest BCUT2D eigenvalue weighted by molar-refractivity contribution is -0.120. The van der Waals surface area contributed by atoms with Crippen molar-refractivity contribution >= 4 is 28.8 Å². The van der Waals surface area contributed by atoms with Gasteiger partial charge in [-0.2, -0.15) is 0 Å². The van der Waals surface area contributed by atoms with Crippen LogP contribution in [0.3, 0.4) is 0 Å². The fourth-order valence-corrected chi connectivity index (χ4v) is 1.43. The molecule has 0 saturated carbocycles. The Kier molecular flexibility index (Phi) is 4.17. The Hall–Kier alpha value is -0.620. The molecule has 1 atom stereocenters. The molecule has 0 aliphatic rings. The molecule has 4 heteroatoms. The molecule has 0 bridgehead atoms. The van der Waals surface area contributed by atoms with Crippen LogP contribution in [0.2, 0.25) is 0 Å². The molecule has 1 rings (SSSR count). The largest absolute Gasteiger partial charge is 0.320 e. The Morgan fingerprint density at radius 3 is 2.62 bits per heavy atom. The molecule has 0 unspecified atom stereocenters. The molecule has 1 aromatic rings. The second-order valence-electron chi connectivity index (χ2n) is 2.75. The normalized spacial score (nSPS) is 12.2. The third kappa shape index (κ3) is 3.31. The predicted octanol–water partition coefficient (Wildman–Crippen LogP) is 1.02. The lowest BCUT2D eigenvalue weighted by Gasteiger charge is -2.08. The minimum Gasteiger partial charge on any atom is -0.320 e. The second kappa shape index (κ2) is 5.18. The predicted molar refractivity (Wildman–Crippen MR) is 60.3 cm³/mol. The molecule has 0 aliphatic carbocycles. The maximum Gasteiger partial charge on any atom is 0.245 e. The Labute approximate surface area is 91.2 Å². The van der Waals surface area contributed by atoms with Crippen LogP contribution >= 0.6 is 22.9 Å². The molecule has 3 N–H and O–H groups in total. The van der Waals surface area contributed by atoms with Crippen molar-refractivity contribution in [2.45, 2.75) is 12.5 Å². The molecule has 0 spiro atoms. The lowest BCUT2D eigenvalue weighted by Crippen LogP contribution is -2.38. The number of carbonyl (C=O) groups excluding carboxylic acids is 1. The minimum absolute atomic E-state index is 0.135. The highest BCUT2D eigenvalue weighted by atomic mass is 127. The van der Waals surface area contributed by atoms with Gasteiger partial charge in [0.1, 0.15) is 0 Å². The number of hydrogen-bond acceptors (Lipinski definition) is 2. The highest BCUT2D eigenvalue weighted by Crippen LogP contribution is 2.01. The fourth-order valence-electron chi connectivity index (χ4n) is 1.03. The van der Waals surface area contributed by atoms with Crippen molar-refractivity contribution in [3.8, 4) is 0 Å². The first kappa shape index (κ1) is 10.5. The maximum atomic E-state index is 11.1. The first-order valence-electron chi connectivity index (χ1n) is 3.94. The quantitative estimate of drug-likeness (QED) is 0.645. The van der Waals surface area contributed by atoms with Gasteiger partial charge in [-0.25, -0.2) is 0 Å². The third-order valence-corrected chi connectivity index (χ3v) is 2.26. The summed E-state index contributed by atoms with van der Waals surface area (Å²) in [5, 5.41) is 0. The van der Waals surface area contributed by atoms with Gasteiger partial charge in [-0.3, -0.25) is 8.32 Å². The molecule has 0 fully saturated rings. The van der Waals surface area contributed by atoms with E-state index in [9.17, 15) is 4.79 Å². The molecule has 0 aliphatic heterocycles. The Bertz CT molecular complexity index is 276. The minimum atomic E-state index is -0.459. The number of rotatable bonds is 3. The summed E-state index contributed by atoms with van der Waals surface area (Å²) in [6.07, 6.45) is 0.579. The number of hydrogen-bond donors (Lipinski definition) is 2. The van der Waals surface area contributed by atoms with Crippen LogP contribution in [0.4, 0.5) is 0 Å². The zero-order chi connectivity index (χ0) is 9.68. The maximum absolute atomic E-state index is 11.1. The molecular weight excluding hydrogens is 279 g/mol. The molecule has 0 heterocycles. The van der Waals surface area contributed by atoms with E-state index in [1.54, 1.807) is 22.9 Å². The van der Waals surface area contributed by atoms with E-state index in [1.165, 1.54) is 0 Å². The van der Waals surface area contributed by atoms with E-state index in [2.05, 4.69) is 3.53 Å². The van der Waals surface area contributed by atoms with E-state index in [-0.39, 0.29) is 5.91 Å². The van der Waals surface area contributed by atoms with Crippen LogP contribution in [-0.4, -0.2) is 11.9 Å². The molecule has 3 nitrogen and oxygen atoms in total. The summed E-state index contributed by atoms with van der Waals surface area (Å²) in [7, 11) is 0. The fraction of sp³-hybridized carbons (Fsp3) is 0.222. The molecule has 0 radical (unpaired) electrons. The molecule has 1 aromatic carbocycles. The number of carbonyl (C=O) groups is 1. The van der Waals surface area contributed by atoms with Gasteiger partial charge in [0.25, 0.3) is 0 Å².